The van der Waals surface area contributed by atoms with Gasteiger partial charge in [-0.05, 0) is 60.5 Å². The Morgan fingerprint density at radius 3 is 2.33 bits per heavy atom. The number of nitrogens with one attached hydrogen (secondary N) is 1. The normalized spacial score (nSPS) is 10.9. The van der Waals surface area contributed by atoms with Gasteiger partial charge in [0.05, 0.1) is 26.8 Å². The first-order valence-corrected chi connectivity index (χ1v) is 11.4. The van der Waals surface area contributed by atoms with Gasteiger partial charge in [-0.3, -0.25) is 0 Å². The molecule has 0 aliphatic rings. The topological polar surface area (TPSA) is 104 Å². The van der Waals surface area contributed by atoms with Crippen LogP contribution >= 0.6 is 0 Å². The molecule has 3 aromatic carbocycles. The number of rotatable bonds is 9. The molecule has 2 aromatic heterocycles. The van der Waals surface area contributed by atoms with Gasteiger partial charge < -0.3 is 23.9 Å². The predicted octanol–water partition coefficient (Wildman–Crippen LogP) is 5.03. The van der Waals surface area contributed by atoms with E-state index in [0.29, 0.717) is 35.6 Å². The third-order valence-electron chi connectivity index (χ3n) is 5.71. The number of benzene rings is 3. The highest BCUT2D eigenvalue weighted by Crippen LogP contribution is 2.29. The van der Waals surface area contributed by atoms with Crippen LogP contribution in [0.2, 0.25) is 0 Å². The molecule has 0 bridgehead atoms. The molecule has 0 saturated heterocycles. The maximum Gasteiger partial charge on any atom is 0.286 e. The van der Waals surface area contributed by atoms with Crippen molar-refractivity contribution < 1.29 is 18.6 Å². The Labute approximate surface area is 208 Å². The van der Waals surface area contributed by atoms with E-state index in [1.807, 2.05) is 66.7 Å². The molecule has 0 atom stereocenters. The summed E-state index contributed by atoms with van der Waals surface area (Å²) >= 11 is 0. The Kier molecular flexibility index (Phi) is 6.61. The standard InChI is InChI=1S/C27H25N5O4/c1-33-19-11-9-18(10-12-19)26-31-32-27(36-26)25-29-21-7-5-4-6-20(21)24(30-25)28-15-14-17-8-13-22(34-2)23(16-17)35-3/h4-13,16H,14-15H2,1-3H3,(H,28,29,30). The predicted molar refractivity (Wildman–Crippen MR) is 137 cm³/mol. The lowest BCUT2D eigenvalue weighted by molar-refractivity contribution is 0.354. The zero-order valence-corrected chi connectivity index (χ0v) is 20.2. The zero-order valence-electron chi connectivity index (χ0n) is 20.2. The summed E-state index contributed by atoms with van der Waals surface area (Å²) in [4.78, 5) is 9.37. The number of fused-ring (bicyclic) bond motifs is 1. The fraction of sp³-hybridized carbons (Fsp3) is 0.185. The van der Waals surface area contributed by atoms with Crippen molar-refractivity contribution in [2.75, 3.05) is 33.2 Å². The van der Waals surface area contributed by atoms with Crippen LogP contribution in [-0.4, -0.2) is 48.0 Å². The molecule has 0 radical (unpaired) electrons. The molecular formula is C27H25N5O4. The third kappa shape index (κ3) is 4.76. The van der Waals surface area contributed by atoms with Gasteiger partial charge in [-0.1, -0.05) is 18.2 Å². The van der Waals surface area contributed by atoms with Gasteiger partial charge in [0.15, 0.2) is 11.5 Å². The first kappa shape index (κ1) is 23.1. The lowest BCUT2D eigenvalue weighted by atomic mass is 10.1. The summed E-state index contributed by atoms with van der Waals surface area (Å²) < 4.78 is 21.9. The SMILES string of the molecule is COc1ccc(-c2nnc(-c3nc(NCCc4ccc(OC)c(OC)c4)c4ccccc4n3)o2)cc1. The van der Waals surface area contributed by atoms with Crippen LogP contribution in [-0.2, 0) is 6.42 Å². The highest BCUT2D eigenvalue weighted by atomic mass is 16.5. The number of nitrogens with zero attached hydrogens (tertiary/aromatic N) is 4. The van der Waals surface area contributed by atoms with Crippen molar-refractivity contribution in [2.45, 2.75) is 6.42 Å². The Hall–Kier alpha value is -4.66. The van der Waals surface area contributed by atoms with Gasteiger partial charge in [0.1, 0.15) is 11.6 Å². The first-order chi connectivity index (χ1) is 17.7. The molecule has 0 unspecified atom stereocenters. The van der Waals surface area contributed by atoms with Crippen LogP contribution in [0.3, 0.4) is 0 Å². The molecule has 2 heterocycles. The minimum Gasteiger partial charge on any atom is -0.497 e. The lowest BCUT2D eigenvalue weighted by Gasteiger charge is -2.12. The van der Waals surface area contributed by atoms with Gasteiger partial charge in [-0.2, -0.15) is 0 Å². The molecule has 5 rings (SSSR count). The van der Waals surface area contributed by atoms with Crippen LogP contribution < -0.4 is 19.5 Å². The number of hydrogen-bond acceptors (Lipinski definition) is 9. The second-order valence-electron chi connectivity index (χ2n) is 7.92. The summed E-state index contributed by atoms with van der Waals surface area (Å²) in [6.45, 7) is 0.650. The van der Waals surface area contributed by atoms with E-state index in [-0.39, 0.29) is 5.89 Å². The molecule has 0 spiro atoms. The van der Waals surface area contributed by atoms with E-state index in [0.717, 1.165) is 34.2 Å². The van der Waals surface area contributed by atoms with Crippen molar-refractivity contribution in [2.24, 2.45) is 0 Å². The van der Waals surface area contributed by atoms with Gasteiger partial charge in [-0.15, -0.1) is 10.2 Å². The van der Waals surface area contributed by atoms with Gasteiger partial charge in [-0.25, -0.2) is 9.97 Å². The second-order valence-corrected chi connectivity index (χ2v) is 7.92. The molecule has 36 heavy (non-hydrogen) atoms. The summed E-state index contributed by atoms with van der Waals surface area (Å²) in [6.07, 6.45) is 0.760. The number of ether oxygens (including phenoxy) is 3. The Morgan fingerprint density at radius 1 is 0.778 bits per heavy atom. The molecule has 9 nitrogen and oxygen atoms in total. The van der Waals surface area contributed by atoms with Crippen LogP contribution in [0.5, 0.6) is 17.2 Å². The second kappa shape index (κ2) is 10.3. The summed E-state index contributed by atoms with van der Waals surface area (Å²) in [6, 6.07) is 21.1. The van der Waals surface area contributed by atoms with Crippen LogP contribution in [0.1, 0.15) is 5.56 Å². The third-order valence-corrected chi connectivity index (χ3v) is 5.71. The van der Waals surface area contributed by atoms with E-state index >= 15 is 0 Å². The van der Waals surface area contributed by atoms with E-state index in [9.17, 15) is 0 Å². The average Bonchev–Trinajstić information content (AvgIpc) is 3.43. The van der Waals surface area contributed by atoms with E-state index < -0.39 is 0 Å². The average molecular weight is 484 g/mol. The molecule has 1 N–H and O–H groups in total. The van der Waals surface area contributed by atoms with Gasteiger partial charge in [0.2, 0.25) is 11.7 Å². The summed E-state index contributed by atoms with van der Waals surface area (Å²) in [5, 5.41) is 12.7. The van der Waals surface area contributed by atoms with E-state index in [1.54, 1.807) is 21.3 Å². The molecule has 0 fully saturated rings. The molecule has 9 heteroatoms. The number of para-hydroxylation sites is 1. The maximum atomic E-state index is 5.91. The number of hydrogen-bond donors (Lipinski definition) is 1. The first-order valence-electron chi connectivity index (χ1n) is 11.4. The molecule has 0 saturated carbocycles. The molecule has 5 aromatic rings. The molecule has 182 valence electrons. The highest BCUT2D eigenvalue weighted by molar-refractivity contribution is 5.90. The fourth-order valence-electron chi connectivity index (χ4n) is 3.83. The highest BCUT2D eigenvalue weighted by Gasteiger charge is 2.16. The smallest absolute Gasteiger partial charge is 0.286 e. The number of methoxy groups -OCH3 is 3. The minimum atomic E-state index is 0.245. The number of aromatic nitrogens is 4. The van der Waals surface area contributed by atoms with Crippen molar-refractivity contribution >= 4 is 16.7 Å². The summed E-state index contributed by atoms with van der Waals surface area (Å²) in [5.74, 6) is 3.83. The van der Waals surface area contributed by atoms with Gasteiger partial charge in [0.25, 0.3) is 5.89 Å². The molecular weight excluding hydrogens is 458 g/mol. The van der Waals surface area contributed by atoms with Crippen LogP contribution in [0.25, 0.3) is 34.1 Å². The largest absolute Gasteiger partial charge is 0.497 e. The van der Waals surface area contributed by atoms with Crippen molar-refractivity contribution in [3.05, 3.63) is 72.3 Å². The van der Waals surface area contributed by atoms with Gasteiger partial charge >= 0.3 is 0 Å². The van der Waals surface area contributed by atoms with Crippen LogP contribution in [0, 0.1) is 0 Å². The molecule has 0 aliphatic carbocycles. The number of anilines is 1. The Morgan fingerprint density at radius 2 is 1.56 bits per heavy atom. The van der Waals surface area contributed by atoms with Crippen molar-refractivity contribution in [1.82, 2.24) is 20.2 Å². The Balaban J connectivity index is 1.39. The monoisotopic (exact) mass is 483 g/mol. The van der Waals surface area contributed by atoms with E-state index in [1.165, 1.54) is 0 Å². The van der Waals surface area contributed by atoms with Crippen LogP contribution in [0.4, 0.5) is 5.82 Å². The quantitative estimate of drug-likeness (QED) is 0.309. The zero-order chi connectivity index (χ0) is 24.9. The van der Waals surface area contributed by atoms with E-state index in [2.05, 4.69) is 20.5 Å². The minimum absolute atomic E-state index is 0.245. The Bertz CT molecular complexity index is 1480. The van der Waals surface area contributed by atoms with E-state index in [4.69, 9.17) is 23.6 Å². The van der Waals surface area contributed by atoms with Crippen LogP contribution in [0.15, 0.2) is 71.1 Å². The molecule has 0 aliphatic heterocycles. The summed E-state index contributed by atoms with van der Waals surface area (Å²) in [7, 11) is 4.88. The fourth-order valence-corrected chi connectivity index (χ4v) is 3.83. The van der Waals surface area contributed by atoms with Gasteiger partial charge in [0, 0.05) is 17.5 Å². The molecule has 0 amide bonds. The van der Waals surface area contributed by atoms with Crippen molar-refractivity contribution in [1.29, 1.82) is 0 Å². The summed E-state index contributed by atoms with van der Waals surface area (Å²) in [5.41, 5.74) is 2.67. The lowest BCUT2D eigenvalue weighted by Crippen LogP contribution is -2.08. The van der Waals surface area contributed by atoms with Crippen molar-refractivity contribution in [3.63, 3.8) is 0 Å². The van der Waals surface area contributed by atoms with Crippen molar-refractivity contribution in [3.8, 4) is 40.4 Å². The maximum absolute atomic E-state index is 5.91.